The van der Waals surface area contributed by atoms with Crippen molar-refractivity contribution in [3.63, 3.8) is 0 Å². The molecule has 0 aliphatic heterocycles. The minimum atomic E-state index is 0.0347. The van der Waals surface area contributed by atoms with E-state index in [-0.39, 0.29) is 5.56 Å². The average Bonchev–Trinajstić information content (AvgIpc) is 2.83. The summed E-state index contributed by atoms with van der Waals surface area (Å²) >= 11 is 5.95. The van der Waals surface area contributed by atoms with Crippen molar-refractivity contribution in [1.29, 1.82) is 0 Å². The second kappa shape index (κ2) is 3.52. The van der Waals surface area contributed by atoms with E-state index >= 15 is 0 Å². The zero-order chi connectivity index (χ0) is 11.1. The van der Waals surface area contributed by atoms with Gasteiger partial charge in [-0.05, 0) is 37.5 Å². The van der Waals surface area contributed by atoms with Crippen molar-refractivity contribution in [1.82, 2.24) is 9.78 Å². The molecule has 0 fully saturated rings. The number of hydrogen-bond acceptors (Lipinski definition) is 1. The summed E-state index contributed by atoms with van der Waals surface area (Å²) < 4.78 is 1.86. The van der Waals surface area contributed by atoms with Crippen molar-refractivity contribution in [2.24, 2.45) is 0 Å². The van der Waals surface area contributed by atoms with Gasteiger partial charge in [-0.15, -0.1) is 0 Å². The number of halogens is 1. The van der Waals surface area contributed by atoms with Crippen LogP contribution in [-0.4, -0.2) is 9.78 Å². The lowest BCUT2D eigenvalue weighted by Gasteiger charge is -2.06. The fraction of sp³-hybridized carbons (Fsp3) is 0.250. The second-order valence-electron chi connectivity index (χ2n) is 4.04. The monoisotopic (exact) mass is 234 g/mol. The molecule has 1 aliphatic rings. The second-order valence-corrected chi connectivity index (χ2v) is 4.47. The van der Waals surface area contributed by atoms with Crippen LogP contribution < -0.4 is 5.56 Å². The summed E-state index contributed by atoms with van der Waals surface area (Å²) in [5.74, 6) is 0. The highest BCUT2D eigenvalue weighted by atomic mass is 35.5. The maximum Gasteiger partial charge on any atom is 0.267 e. The number of aromatic amines is 1. The molecule has 4 heteroatoms. The number of nitrogens with one attached hydrogen (secondary N) is 1. The van der Waals surface area contributed by atoms with Crippen LogP contribution in [-0.2, 0) is 12.8 Å². The van der Waals surface area contributed by atoms with Crippen molar-refractivity contribution >= 4 is 11.6 Å². The van der Waals surface area contributed by atoms with Gasteiger partial charge in [-0.3, -0.25) is 14.6 Å². The quantitative estimate of drug-likeness (QED) is 0.808. The van der Waals surface area contributed by atoms with Gasteiger partial charge in [0.15, 0.2) is 0 Å². The Labute approximate surface area is 97.6 Å². The molecule has 1 aliphatic carbocycles. The van der Waals surface area contributed by atoms with Crippen molar-refractivity contribution in [3.05, 3.63) is 50.9 Å². The molecule has 1 heterocycles. The van der Waals surface area contributed by atoms with Crippen molar-refractivity contribution in [2.75, 3.05) is 0 Å². The van der Waals surface area contributed by atoms with Gasteiger partial charge in [0.1, 0.15) is 0 Å². The Morgan fingerprint density at radius 1 is 1.31 bits per heavy atom. The van der Waals surface area contributed by atoms with E-state index in [4.69, 9.17) is 11.6 Å². The van der Waals surface area contributed by atoms with Gasteiger partial charge < -0.3 is 0 Å². The molecule has 1 N–H and O–H groups in total. The van der Waals surface area contributed by atoms with Crippen LogP contribution in [0.5, 0.6) is 0 Å². The number of benzene rings is 1. The first kappa shape index (κ1) is 9.73. The lowest BCUT2D eigenvalue weighted by molar-refractivity contribution is 0.773. The Bertz CT molecular complexity index is 597. The molecule has 0 saturated carbocycles. The summed E-state index contributed by atoms with van der Waals surface area (Å²) in [5, 5.41) is 3.54. The van der Waals surface area contributed by atoms with Crippen LogP contribution in [0.2, 0.25) is 5.02 Å². The van der Waals surface area contributed by atoms with Crippen LogP contribution in [0.1, 0.15) is 17.7 Å². The highest BCUT2D eigenvalue weighted by Crippen LogP contribution is 2.22. The van der Waals surface area contributed by atoms with Crippen LogP contribution >= 0.6 is 11.6 Å². The minimum Gasteiger partial charge on any atom is -0.268 e. The van der Waals surface area contributed by atoms with Gasteiger partial charge >= 0.3 is 0 Å². The Hall–Kier alpha value is -1.48. The van der Waals surface area contributed by atoms with E-state index in [1.165, 1.54) is 0 Å². The largest absolute Gasteiger partial charge is 0.268 e. The molecule has 82 valence electrons. The fourth-order valence-corrected chi connectivity index (χ4v) is 2.48. The van der Waals surface area contributed by atoms with Crippen LogP contribution in [0.15, 0.2) is 29.1 Å². The third-order valence-electron chi connectivity index (χ3n) is 3.01. The van der Waals surface area contributed by atoms with Crippen LogP contribution in [0.3, 0.4) is 0 Å². The van der Waals surface area contributed by atoms with E-state index in [0.29, 0.717) is 5.02 Å². The van der Waals surface area contributed by atoms with Crippen LogP contribution in [0.25, 0.3) is 5.69 Å². The van der Waals surface area contributed by atoms with Gasteiger partial charge in [0.25, 0.3) is 5.56 Å². The fourth-order valence-electron chi connectivity index (χ4n) is 2.29. The van der Waals surface area contributed by atoms with Gasteiger partial charge in [0, 0.05) is 16.3 Å². The van der Waals surface area contributed by atoms with Crippen LogP contribution in [0, 0.1) is 0 Å². The molecule has 0 unspecified atom stereocenters. The molecule has 1 aromatic carbocycles. The minimum absolute atomic E-state index is 0.0347. The number of fused-ring (bicyclic) bond motifs is 1. The first-order valence-electron chi connectivity index (χ1n) is 5.34. The maximum absolute atomic E-state index is 11.7. The summed E-state index contributed by atoms with van der Waals surface area (Å²) in [6.07, 6.45) is 2.91. The summed E-state index contributed by atoms with van der Waals surface area (Å²) in [7, 11) is 0. The molecule has 0 spiro atoms. The Kier molecular flexibility index (Phi) is 2.14. The standard InChI is InChI=1S/C12H11ClN2O/c13-8-3-1-4-9(7-8)15-11-6-2-5-10(11)12(16)14-15/h1,3-4,7H,2,5-6H2,(H,14,16). The molecule has 0 radical (unpaired) electrons. The Balaban J connectivity index is 2.21. The average molecular weight is 235 g/mol. The number of H-pyrrole nitrogens is 1. The maximum atomic E-state index is 11.7. The number of aromatic nitrogens is 2. The number of nitrogens with zero attached hydrogens (tertiary/aromatic N) is 1. The molecule has 0 atom stereocenters. The van der Waals surface area contributed by atoms with Crippen molar-refractivity contribution < 1.29 is 0 Å². The summed E-state index contributed by atoms with van der Waals surface area (Å²) in [5.41, 5.74) is 2.99. The van der Waals surface area contributed by atoms with Crippen LogP contribution in [0.4, 0.5) is 0 Å². The smallest absolute Gasteiger partial charge is 0.267 e. The summed E-state index contributed by atoms with van der Waals surface area (Å²) in [4.78, 5) is 11.7. The normalized spacial score (nSPS) is 14.1. The summed E-state index contributed by atoms with van der Waals surface area (Å²) in [6.45, 7) is 0. The van der Waals surface area contributed by atoms with Gasteiger partial charge in [-0.2, -0.15) is 0 Å². The van der Waals surface area contributed by atoms with Crippen molar-refractivity contribution in [2.45, 2.75) is 19.3 Å². The third kappa shape index (κ3) is 1.39. The molecular weight excluding hydrogens is 224 g/mol. The van der Waals surface area contributed by atoms with E-state index in [9.17, 15) is 4.79 Å². The van der Waals surface area contributed by atoms with Gasteiger partial charge in [0.2, 0.25) is 0 Å². The topological polar surface area (TPSA) is 37.8 Å². The lowest BCUT2D eigenvalue weighted by atomic mass is 10.3. The Morgan fingerprint density at radius 3 is 3.00 bits per heavy atom. The highest BCUT2D eigenvalue weighted by Gasteiger charge is 2.20. The third-order valence-corrected chi connectivity index (χ3v) is 3.25. The zero-order valence-electron chi connectivity index (χ0n) is 8.66. The van der Waals surface area contributed by atoms with Crippen molar-refractivity contribution in [3.8, 4) is 5.69 Å². The zero-order valence-corrected chi connectivity index (χ0v) is 9.42. The molecule has 0 bridgehead atoms. The molecule has 3 rings (SSSR count). The summed E-state index contributed by atoms with van der Waals surface area (Å²) in [6, 6.07) is 7.51. The molecule has 0 saturated heterocycles. The molecule has 3 nitrogen and oxygen atoms in total. The SMILES string of the molecule is O=c1[nH]n(-c2cccc(Cl)c2)c2c1CCC2. The Morgan fingerprint density at radius 2 is 2.19 bits per heavy atom. The van der Waals surface area contributed by atoms with E-state index in [1.807, 2.05) is 28.9 Å². The van der Waals surface area contributed by atoms with E-state index < -0.39 is 0 Å². The number of hydrogen-bond donors (Lipinski definition) is 1. The molecule has 2 aromatic rings. The van der Waals surface area contributed by atoms with E-state index in [2.05, 4.69) is 5.10 Å². The van der Waals surface area contributed by atoms with E-state index in [1.54, 1.807) is 0 Å². The molecule has 16 heavy (non-hydrogen) atoms. The first-order valence-corrected chi connectivity index (χ1v) is 5.72. The predicted octanol–water partition coefficient (Wildman–Crippen LogP) is 2.31. The highest BCUT2D eigenvalue weighted by molar-refractivity contribution is 6.30. The van der Waals surface area contributed by atoms with Gasteiger partial charge in [-0.1, -0.05) is 17.7 Å². The van der Waals surface area contributed by atoms with Gasteiger partial charge in [0.05, 0.1) is 5.69 Å². The molecular formula is C12H11ClN2O. The number of rotatable bonds is 1. The molecule has 1 aromatic heterocycles. The molecule has 0 amide bonds. The lowest BCUT2D eigenvalue weighted by Crippen LogP contribution is -2.07. The van der Waals surface area contributed by atoms with E-state index in [0.717, 1.165) is 36.2 Å². The predicted molar refractivity (Wildman–Crippen MR) is 63.4 cm³/mol. The van der Waals surface area contributed by atoms with Gasteiger partial charge in [-0.25, -0.2) is 0 Å². The first-order chi connectivity index (χ1) is 7.75.